The molecule has 1 aliphatic heterocycles. The van der Waals surface area contributed by atoms with Gasteiger partial charge in [0, 0.05) is 19.3 Å². The number of aromatic carboxylic acids is 1. The van der Waals surface area contributed by atoms with Crippen LogP contribution in [0, 0.1) is 5.41 Å². The molecule has 0 amide bonds. The van der Waals surface area contributed by atoms with Crippen molar-refractivity contribution in [3.63, 3.8) is 0 Å². The molecule has 1 saturated heterocycles. The molecule has 0 unspecified atom stereocenters. The molecule has 5 nitrogen and oxygen atoms in total. The number of hydrogen-bond donors (Lipinski definition) is 1. The number of carbonyl (C=O) groups is 1. The van der Waals surface area contributed by atoms with Crippen LogP contribution in [0.1, 0.15) is 49.0 Å². The molecule has 2 heterocycles. The van der Waals surface area contributed by atoms with Gasteiger partial charge in [-0.15, -0.1) is 0 Å². The molecule has 3 rings (SSSR count). The third-order valence-corrected chi connectivity index (χ3v) is 4.50. The van der Waals surface area contributed by atoms with E-state index in [-0.39, 0.29) is 5.69 Å². The lowest BCUT2D eigenvalue weighted by atomic mass is 9.73. The molecule has 1 aliphatic carbocycles. The minimum atomic E-state index is -0.991. The van der Waals surface area contributed by atoms with E-state index in [4.69, 9.17) is 5.11 Å². The summed E-state index contributed by atoms with van der Waals surface area (Å²) in [4.78, 5) is 21.5. The molecule has 1 spiro atoms. The predicted octanol–water partition coefficient (Wildman–Crippen LogP) is 2.34. The summed E-state index contributed by atoms with van der Waals surface area (Å²) in [5.74, 6) is -0.419. The molecule has 1 aromatic heterocycles. The summed E-state index contributed by atoms with van der Waals surface area (Å²) in [6.07, 6.45) is 9.32. The van der Waals surface area contributed by atoms with Crippen LogP contribution in [0.4, 0.5) is 5.95 Å². The Morgan fingerprint density at radius 3 is 2.79 bits per heavy atom. The topological polar surface area (TPSA) is 66.3 Å². The van der Waals surface area contributed by atoms with Gasteiger partial charge in [0.1, 0.15) is 0 Å². The maximum atomic E-state index is 11.0. The Hall–Kier alpha value is -1.65. The Labute approximate surface area is 112 Å². The molecule has 2 fully saturated rings. The second kappa shape index (κ2) is 4.79. The van der Waals surface area contributed by atoms with Gasteiger partial charge >= 0.3 is 5.97 Å². The van der Waals surface area contributed by atoms with Crippen molar-refractivity contribution >= 4 is 11.9 Å². The lowest BCUT2D eigenvalue weighted by Crippen LogP contribution is -2.30. The Balaban J connectivity index is 1.77. The highest BCUT2D eigenvalue weighted by atomic mass is 16.4. The largest absolute Gasteiger partial charge is 0.477 e. The van der Waals surface area contributed by atoms with Gasteiger partial charge in [0.05, 0.1) is 0 Å². The fraction of sp³-hybridized carbons (Fsp3) is 0.643. The number of aromatic nitrogens is 2. The van der Waals surface area contributed by atoms with Gasteiger partial charge < -0.3 is 10.0 Å². The van der Waals surface area contributed by atoms with Gasteiger partial charge in [0.25, 0.3) is 0 Å². The first-order chi connectivity index (χ1) is 9.19. The van der Waals surface area contributed by atoms with E-state index in [0.717, 1.165) is 13.1 Å². The van der Waals surface area contributed by atoms with Gasteiger partial charge in [-0.1, -0.05) is 19.3 Å². The first-order valence-electron chi connectivity index (χ1n) is 7.00. The van der Waals surface area contributed by atoms with Gasteiger partial charge in [0.2, 0.25) is 5.95 Å². The van der Waals surface area contributed by atoms with E-state index < -0.39 is 5.97 Å². The summed E-state index contributed by atoms with van der Waals surface area (Å²) < 4.78 is 0. The highest BCUT2D eigenvalue weighted by Crippen LogP contribution is 2.44. The van der Waals surface area contributed by atoms with Crippen molar-refractivity contribution in [1.29, 1.82) is 0 Å². The quantitative estimate of drug-likeness (QED) is 0.885. The summed E-state index contributed by atoms with van der Waals surface area (Å²) in [6.45, 7) is 1.93. The van der Waals surface area contributed by atoms with Crippen molar-refractivity contribution in [2.24, 2.45) is 5.41 Å². The summed E-state index contributed by atoms with van der Waals surface area (Å²) >= 11 is 0. The van der Waals surface area contributed by atoms with Gasteiger partial charge in [-0.3, -0.25) is 0 Å². The molecular formula is C14H19N3O2. The number of nitrogens with zero attached hydrogens (tertiary/aromatic N) is 3. The van der Waals surface area contributed by atoms with Crippen LogP contribution in [-0.2, 0) is 0 Å². The van der Waals surface area contributed by atoms with Crippen molar-refractivity contribution in [2.45, 2.75) is 38.5 Å². The minimum absolute atomic E-state index is 0.0783. The third kappa shape index (κ3) is 2.41. The zero-order valence-electron chi connectivity index (χ0n) is 11.0. The van der Waals surface area contributed by atoms with Crippen LogP contribution < -0.4 is 4.90 Å². The van der Waals surface area contributed by atoms with Crippen LogP contribution >= 0.6 is 0 Å². The monoisotopic (exact) mass is 261 g/mol. The molecule has 1 N–H and O–H groups in total. The highest BCUT2D eigenvalue weighted by molar-refractivity contribution is 5.85. The van der Waals surface area contributed by atoms with Crippen molar-refractivity contribution < 1.29 is 9.90 Å². The summed E-state index contributed by atoms with van der Waals surface area (Å²) in [6, 6.07) is 1.44. The molecule has 1 saturated carbocycles. The van der Waals surface area contributed by atoms with E-state index >= 15 is 0 Å². The van der Waals surface area contributed by atoms with Crippen molar-refractivity contribution in [3.8, 4) is 0 Å². The molecule has 0 atom stereocenters. The van der Waals surface area contributed by atoms with E-state index in [2.05, 4.69) is 14.9 Å². The summed E-state index contributed by atoms with van der Waals surface area (Å²) in [5, 5.41) is 8.99. The van der Waals surface area contributed by atoms with Crippen LogP contribution in [-0.4, -0.2) is 34.1 Å². The van der Waals surface area contributed by atoms with E-state index in [1.807, 2.05) is 0 Å². The van der Waals surface area contributed by atoms with E-state index in [0.29, 0.717) is 11.4 Å². The zero-order valence-corrected chi connectivity index (χ0v) is 11.0. The Morgan fingerprint density at radius 2 is 2.05 bits per heavy atom. The first-order valence-corrected chi connectivity index (χ1v) is 7.00. The van der Waals surface area contributed by atoms with Gasteiger partial charge in [0.15, 0.2) is 5.69 Å². The predicted molar refractivity (Wildman–Crippen MR) is 71.3 cm³/mol. The lowest BCUT2D eigenvalue weighted by Gasteiger charge is -2.33. The first kappa shape index (κ1) is 12.4. The van der Waals surface area contributed by atoms with Gasteiger partial charge in [-0.05, 0) is 30.7 Å². The number of anilines is 1. The molecule has 0 bridgehead atoms. The fourth-order valence-electron chi connectivity index (χ4n) is 3.44. The van der Waals surface area contributed by atoms with Crippen LogP contribution in [0.15, 0.2) is 12.3 Å². The van der Waals surface area contributed by atoms with Crippen LogP contribution in [0.2, 0.25) is 0 Å². The van der Waals surface area contributed by atoms with Crippen LogP contribution in [0.25, 0.3) is 0 Å². The maximum Gasteiger partial charge on any atom is 0.354 e. The molecule has 0 radical (unpaired) electrons. The molecular weight excluding hydrogens is 242 g/mol. The average molecular weight is 261 g/mol. The molecule has 2 aliphatic rings. The second-order valence-electron chi connectivity index (χ2n) is 5.78. The van der Waals surface area contributed by atoms with Crippen LogP contribution in [0.3, 0.4) is 0 Å². The number of carboxylic acid groups (broad SMARTS) is 1. The van der Waals surface area contributed by atoms with Crippen molar-refractivity contribution in [2.75, 3.05) is 18.0 Å². The Kier molecular flexibility index (Phi) is 3.12. The smallest absolute Gasteiger partial charge is 0.354 e. The van der Waals surface area contributed by atoms with Crippen molar-refractivity contribution in [1.82, 2.24) is 9.97 Å². The second-order valence-corrected chi connectivity index (χ2v) is 5.78. The van der Waals surface area contributed by atoms with Crippen LogP contribution in [0.5, 0.6) is 0 Å². The lowest BCUT2D eigenvalue weighted by molar-refractivity contribution is 0.0690. The summed E-state index contributed by atoms with van der Waals surface area (Å²) in [5.41, 5.74) is 0.510. The minimum Gasteiger partial charge on any atom is -0.477 e. The molecule has 0 aromatic carbocycles. The normalized spacial score (nSPS) is 21.8. The summed E-state index contributed by atoms with van der Waals surface area (Å²) in [7, 11) is 0. The molecule has 102 valence electrons. The van der Waals surface area contributed by atoms with E-state index in [1.54, 1.807) is 0 Å². The zero-order chi connectivity index (χ0) is 13.3. The SMILES string of the molecule is O=C(O)c1ccnc(N2CCC3(CCCCC3)C2)n1. The Morgan fingerprint density at radius 1 is 1.26 bits per heavy atom. The van der Waals surface area contributed by atoms with Gasteiger partial charge in [-0.25, -0.2) is 14.8 Å². The fourth-order valence-corrected chi connectivity index (χ4v) is 3.44. The standard InChI is InChI=1S/C14H19N3O2/c18-12(19)11-4-8-15-13(16-11)17-9-7-14(10-17)5-2-1-3-6-14/h4,8H,1-3,5-7,9-10H2,(H,18,19). The highest BCUT2D eigenvalue weighted by Gasteiger charge is 2.39. The van der Waals surface area contributed by atoms with Gasteiger partial charge in [-0.2, -0.15) is 0 Å². The van der Waals surface area contributed by atoms with Crippen molar-refractivity contribution in [3.05, 3.63) is 18.0 Å². The maximum absolute atomic E-state index is 11.0. The number of hydrogen-bond acceptors (Lipinski definition) is 4. The molecule has 19 heavy (non-hydrogen) atoms. The number of rotatable bonds is 2. The molecule has 5 heteroatoms. The average Bonchev–Trinajstić information content (AvgIpc) is 2.83. The van der Waals surface area contributed by atoms with E-state index in [1.165, 1.54) is 50.8 Å². The molecule has 1 aromatic rings. The third-order valence-electron chi connectivity index (χ3n) is 4.50. The number of carboxylic acids is 1. The van der Waals surface area contributed by atoms with E-state index in [9.17, 15) is 4.79 Å². The Bertz CT molecular complexity index is 483.